The number of hydrogen-bond donors (Lipinski definition) is 0. The van der Waals surface area contributed by atoms with E-state index in [9.17, 15) is 0 Å². The maximum absolute atomic E-state index is 5.07. The summed E-state index contributed by atoms with van der Waals surface area (Å²) < 4.78 is 10.1. The van der Waals surface area contributed by atoms with Crippen LogP contribution in [-0.2, 0) is 9.47 Å². The number of unbranched alkanes of at least 4 members (excludes halogenated alkanes) is 3. The first kappa shape index (κ1) is 9.17. The van der Waals surface area contributed by atoms with Crippen molar-refractivity contribution in [3.05, 3.63) is 24.7 Å². The lowest BCUT2D eigenvalue weighted by Gasteiger charge is -2.02. The SMILES string of the molecule is CCCCC/C=C/C1OC=CO1. The molecule has 0 aromatic heterocycles. The molecule has 0 radical (unpaired) electrons. The molecule has 2 heteroatoms. The molecule has 2 nitrogen and oxygen atoms in total. The molecule has 0 bridgehead atoms. The van der Waals surface area contributed by atoms with Crippen LogP contribution in [0.4, 0.5) is 0 Å². The van der Waals surface area contributed by atoms with Crippen molar-refractivity contribution in [3.63, 3.8) is 0 Å². The molecule has 1 heterocycles. The molecular formula is C10H16O2. The highest BCUT2D eigenvalue weighted by Gasteiger charge is 2.05. The molecule has 0 N–H and O–H groups in total. The van der Waals surface area contributed by atoms with Gasteiger partial charge in [0.1, 0.15) is 12.5 Å². The zero-order valence-electron chi connectivity index (χ0n) is 7.53. The standard InChI is InChI=1S/C10H16O2/c1-2-3-4-5-6-7-10-11-8-9-12-10/h6-10H,2-5H2,1H3/b7-6+. The van der Waals surface area contributed by atoms with Crippen molar-refractivity contribution >= 4 is 0 Å². The Bertz CT molecular complexity index is 153. The molecule has 0 saturated carbocycles. The fourth-order valence-corrected chi connectivity index (χ4v) is 1.06. The van der Waals surface area contributed by atoms with Gasteiger partial charge in [0.2, 0.25) is 0 Å². The molecule has 0 unspecified atom stereocenters. The topological polar surface area (TPSA) is 18.5 Å². The molecule has 1 rings (SSSR count). The quantitative estimate of drug-likeness (QED) is 0.464. The van der Waals surface area contributed by atoms with Gasteiger partial charge < -0.3 is 9.47 Å². The fraction of sp³-hybridized carbons (Fsp3) is 0.600. The van der Waals surface area contributed by atoms with E-state index >= 15 is 0 Å². The van der Waals surface area contributed by atoms with Crippen LogP contribution in [0.15, 0.2) is 24.7 Å². The van der Waals surface area contributed by atoms with Crippen molar-refractivity contribution in [2.45, 2.75) is 38.9 Å². The summed E-state index contributed by atoms with van der Waals surface area (Å²) in [7, 11) is 0. The fourth-order valence-electron chi connectivity index (χ4n) is 1.06. The monoisotopic (exact) mass is 168 g/mol. The summed E-state index contributed by atoms with van der Waals surface area (Å²) >= 11 is 0. The third kappa shape index (κ3) is 3.46. The molecule has 12 heavy (non-hydrogen) atoms. The Balaban J connectivity index is 1.98. The molecule has 0 aromatic rings. The molecule has 0 aromatic carbocycles. The smallest absolute Gasteiger partial charge is 0.259 e. The number of allylic oxidation sites excluding steroid dienone is 1. The Labute approximate surface area is 73.9 Å². The minimum Gasteiger partial charge on any atom is -0.456 e. The summed E-state index contributed by atoms with van der Waals surface area (Å²) in [5.74, 6) is 0. The van der Waals surface area contributed by atoms with Crippen LogP contribution in [0, 0.1) is 0 Å². The van der Waals surface area contributed by atoms with E-state index in [0.717, 1.165) is 6.42 Å². The second-order valence-electron chi connectivity index (χ2n) is 2.84. The molecule has 1 aliphatic heterocycles. The van der Waals surface area contributed by atoms with E-state index in [2.05, 4.69) is 13.0 Å². The van der Waals surface area contributed by atoms with Crippen LogP contribution >= 0.6 is 0 Å². The van der Waals surface area contributed by atoms with Gasteiger partial charge in [0.25, 0.3) is 6.29 Å². The van der Waals surface area contributed by atoms with Gasteiger partial charge in [0, 0.05) is 0 Å². The van der Waals surface area contributed by atoms with Crippen LogP contribution in [0.5, 0.6) is 0 Å². The van der Waals surface area contributed by atoms with E-state index in [1.807, 2.05) is 6.08 Å². The lowest BCUT2D eigenvalue weighted by Crippen LogP contribution is -2.01. The predicted octanol–water partition coefficient (Wildman–Crippen LogP) is 2.97. The van der Waals surface area contributed by atoms with Crippen LogP contribution in [0.25, 0.3) is 0 Å². The Hall–Kier alpha value is -0.920. The molecule has 0 spiro atoms. The van der Waals surface area contributed by atoms with Crippen LogP contribution in [-0.4, -0.2) is 6.29 Å². The zero-order valence-corrected chi connectivity index (χ0v) is 7.53. The van der Waals surface area contributed by atoms with Crippen molar-refractivity contribution in [1.29, 1.82) is 0 Å². The van der Waals surface area contributed by atoms with Gasteiger partial charge in [-0.1, -0.05) is 25.8 Å². The van der Waals surface area contributed by atoms with E-state index in [0.29, 0.717) is 0 Å². The zero-order chi connectivity index (χ0) is 8.65. The van der Waals surface area contributed by atoms with Crippen molar-refractivity contribution < 1.29 is 9.47 Å². The highest BCUT2D eigenvalue weighted by atomic mass is 16.7. The average Bonchev–Trinajstić information content (AvgIpc) is 2.57. The van der Waals surface area contributed by atoms with Crippen molar-refractivity contribution in [2.75, 3.05) is 0 Å². The van der Waals surface area contributed by atoms with Gasteiger partial charge in [-0.2, -0.15) is 0 Å². The van der Waals surface area contributed by atoms with Gasteiger partial charge in [0.05, 0.1) is 0 Å². The van der Waals surface area contributed by atoms with Gasteiger partial charge in [-0.25, -0.2) is 0 Å². The van der Waals surface area contributed by atoms with Crippen LogP contribution < -0.4 is 0 Å². The third-order valence-electron chi connectivity index (χ3n) is 1.75. The maximum Gasteiger partial charge on any atom is 0.259 e. The summed E-state index contributed by atoms with van der Waals surface area (Å²) in [5.41, 5.74) is 0. The molecule has 0 fully saturated rings. The molecule has 0 saturated heterocycles. The van der Waals surface area contributed by atoms with Gasteiger partial charge in [0.15, 0.2) is 0 Å². The Morgan fingerprint density at radius 1 is 1.25 bits per heavy atom. The van der Waals surface area contributed by atoms with Crippen LogP contribution in [0.2, 0.25) is 0 Å². The minimum atomic E-state index is -0.174. The Morgan fingerprint density at radius 3 is 2.67 bits per heavy atom. The number of hydrogen-bond acceptors (Lipinski definition) is 2. The maximum atomic E-state index is 5.07. The molecule has 0 amide bonds. The molecule has 1 aliphatic rings. The van der Waals surface area contributed by atoms with E-state index in [4.69, 9.17) is 9.47 Å². The average molecular weight is 168 g/mol. The van der Waals surface area contributed by atoms with Gasteiger partial charge >= 0.3 is 0 Å². The van der Waals surface area contributed by atoms with Crippen LogP contribution in [0.1, 0.15) is 32.6 Å². The van der Waals surface area contributed by atoms with Crippen LogP contribution in [0.3, 0.4) is 0 Å². The van der Waals surface area contributed by atoms with Gasteiger partial charge in [-0.15, -0.1) is 0 Å². The largest absolute Gasteiger partial charge is 0.456 e. The first-order valence-electron chi connectivity index (χ1n) is 4.56. The number of ether oxygens (including phenoxy) is 2. The molecule has 0 aliphatic carbocycles. The number of rotatable bonds is 5. The lowest BCUT2D eigenvalue weighted by molar-refractivity contribution is 0.0189. The van der Waals surface area contributed by atoms with E-state index in [1.165, 1.54) is 19.3 Å². The second-order valence-corrected chi connectivity index (χ2v) is 2.84. The van der Waals surface area contributed by atoms with E-state index in [1.54, 1.807) is 12.5 Å². The lowest BCUT2D eigenvalue weighted by atomic mass is 10.2. The predicted molar refractivity (Wildman–Crippen MR) is 48.4 cm³/mol. The highest BCUT2D eigenvalue weighted by molar-refractivity contribution is 4.89. The molecular weight excluding hydrogens is 152 g/mol. The first-order valence-corrected chi connectivity index (χ1v) is 4.56. The second kappa shape index (κ2) is 5.70. The summed E-state index contributed by atoms with van der Waals surface area (Å²) in [5, 5.41) is 0. The summed E-state index contributed by atoms with van der Waals surface area (Å²) in [6.45, 7) is 2.21. The first-order chi connectivity index (χ1) is 5.93. The summed E-state index contributed by atoms with van der Waals surface area (Å²) in [6.07, 6.45) is 12.0. The van der Waals surface area contributed by atoms with Crippen molar-refractivity contribution in [1.82, 2.24) is 0 Å². The normalized spacial score (nSPS) is 16.8. The third-order valence-corrected chi connectivity index (χ3v) is 1.75. The van der Waals surface area contributed by atoms with Crippen molar-refractivity contribution in [2.24, 2.45) is 0 Å². The summed E-state index contributed by atoms with van der Waals surface area (Å²) in [4.78, 5) is 0. The molecule has 0 atom stereocenters. The Morgan fingerprint density at radius 2 is 2.00 bits per heavy atom. The summed E-state index contributed by atoms with van der Waals surface area (Å²) in [6, 6.07) is 0. The highest BCUT2D eigenvalue weighted by Crippen LogP contribution is 2.07. The Kier molecular flexibility index (Phi) is 4.35. The van der Waals surface area contributed by atoms with E-state index in [-0.39, 0.29) is 6.29 Å². The molecule has 68 valence electrons. The van der Waals surface area contributed by atoms with Gasteiger partial charge in [-0.3, -0.25) is 0 Å². The van der Waals surface area contributed by atoms with Gasteiger partial charge in [-0.05, 0) is 18.9 Å². The van der Waals surface area contributed by atoms with E-state index < -0.39 is 0 Å². The minimum absolute atomic E-state index is 0.174. The van der Waals surface area contributed by atoms with Crippen molar-refractivity contribution in [3.8, 4) is 0 Å².